The first kappa shape index (κ1) is 16.6. The average Bonchev–Trinajstić information content (AvgIpc) is 2.76. The van der Waals surface area contributed by atoms with E-state index < -0.39 is 0 Å². The maximum atomic E-state index is 11.6. The Hall–Kier alpha value is -2.26. The molecule has 0 aliphatic carbocycles. The number of carbonyl (C=O) groups is 1. The van der Waals surface area contributed by atoms with Crippen molar-refractivity contribution in [2.75, 3.05) is 13.0 Å². The second-order valence-electron chi connectivity index (χ2n) is 5.62. The molecule has 0 spiro atoms. The first-order valence-corrected chi connectivity index (χ1v) is 8.43. The molecule has 2 aromatic carbocycles. The van der Waals surface area contributed by atoms with Crippen molar-refractivity contribution in [2.45, 2.75) is 19.4 Å². The summed E-state index contributed by atoms with van der Waals surface area (Å²) in [6.45, 7) is 0.526. The molecule has 3 nitrogen and oxygen atoms in total. The van der Waals surface area contributed by atoms with Gasteiger partial charge in [0.2, 0.25) is 0 Å². The number of methoxy groups -OCH3 is 1. The van der Waals surface area contributed by atoms with Crippen LogP contribution >= 0.6 is 11.6 Å². The van der Waals surface area contributed by atoms with Gasteiger partial charge in [-0.15, -0.1) is 11.6 Å². The number of hydrogen-bond donors (Lipinski definition) is 0. The molecule has 3 rings (SSSR count). The maximum absolute atomic E-state index is 11.6. The second-order valence-corrected chi connectivity index (χ2v) is 6.00. The molecular formula is C20H19ClO3. The topological polar surface area (TPSA) is 35.5 Å². The Morgan fingerprint density at radius 3 is 2.88 bits per heavy atom. The van der Waals surface area contributed by atoms with Crippen molar-refractivity contribution >= 4 is 23.1 Å². The molecule has 124 valence electrons. The van der Waals surface area contributed by atoms with Gasteiger partial charge in [0.1, 0.15) is 12.4 Å². The third kappa shape index (κ3) is 3.46. The van der Waals surface area contributed by atoms with E-state index in [-0.39, 0.29) is 12.4 Å². The number of fused-ring (bicyclic) bond motifs is 2. The fourth-order valence-corrected chi connectivity index (χ4v) is 3.00. The van der Waals surface area contributed by atoms with Gasteiger partial charge in [0.25, 0.3) is 0 Å². The Labute approximate surface area is 146 Å². The van der Waals surface area contributed by atoms with Crippen molar-refractivity contribution < 1.29 is 14.3 Å². The Morgan fingerprint density at radius 2 is 2.08 bits per heavy atom. The van der Waals surface area contributed by atoms with Gasteiger partial charge in [0.05, 0.1) is 13.5 Å². The summed E-state index contributed by atoms with van der Waals surface area (Å²) in [7, 11) is 1.40. The molecule has 0 atom stereocenters. The lowest BCUT2D eigenvalue weighted by Gasteiger charge is -2.12. The number of alkyl halides is 1. The molecule has 1 heterocycles. The molecule has 4 heteroatoms. The van der Waals surface area contributed by atoms with E-state index in [0.717, 1.165) is 40.0 Å². The molecule has 1 aliphatic heterocycles. The van der Waals surface area contributed by atoms with Crippen molar-refractivity contribution in [2.24, 2.45) is 0 Å². The summed E-state index contributed by atoms with van der Waals surface area (Å²) >= 11 is 5.90. The number of allylic oxidation sites excluding steroid dienone is 1. The summed E-state index contributed by atoms with van der Waals surface area (Å²) in [6.07, 6.45) is 3.15. The van der Waals surface area contributed by atoms with Crippen molar-refractivity contribution in [3.05, 3.63) is 70.8 Å². The van der Waals surface area contributed by atoms with Crippen LogP contribution in [0.4, 0.5) is 0 Å². The molecule has 0 saturated carbocycles. The highest BCUT2D eigenvalue weighted by atomic mass is 35.5. The lowest BCUT2D eigenvalue weighted by atomic mass is 9.92. The van der Waals surface area contributed by atoms with Crippen LogP contribution in [0.25, 0.3) is 5.57 Å². The molecule has 0 saturated heterocycles. The predicted octanol–water partition coefficient (Wildman–Crippen LogP) is 4.36. The summed E-state index contributed by atoms with van der Waals surface area (Å²) in [5.74, 6) is 1.13. The average molecular weight is 343 g/mol. The first-order chi connectivity index (χ1) is 11.7. The molecule has 0 radical (unpaired) electrons. The van der Waals surface area contributed by atoms with Crippen LogP contribution in [0.3, 0.4) is 0 Å². The largest absolute Gasteiger partial charge is 0.488 e. The number of rotatable bonds is 4. The Morgan fingerprint density at radius 1 is 1.25 bits per heavy atom. The Balaban J connectivity index is 2.10. The quantitative estimate of drug-likeness (QED) is 0.612. The maximum Gasteiger partial charge on any atom is 0.309 e. The zero-order chi connectivity index (χ0) is 16.9. The van der Waals surface area contributed by atoms with Crippen LogP contribution in [0.15, 0.2) is 48.5 Å². The lowest BCUT2D eigenvalue weighted by molar-refractivity contribution is -0.139. The van der Waals surface area contributed by atoms with E-state index in [0.29, 0.717) is 12.5 Å². The van der Waals surface area contributed by atoms with E-state index in [1.807, 2.05) is 30.3 Å². The van der Waals surface area contributed by atoms with Gasteiger partial charge >= 0.3 is 5.97 Å². The molecule has 0 aromatic heterocycles. The fraction of sp³-hybridized carbons (Fsp3) is 0.250. The fourth-order valence-electron chi connectivity index (χ4n) is 2.89. The van der Waals surface area contributed by atoms with E-state index in [1.165, 1.54) is 7.11 Å². The summed E-state index contributed by atoms with van der Waals surface area (Å²) in [6, 6.07) is 14.1. The first-order valence-electron chi connectivity index (χ1n) is 7.90. The van der Waals surface area contributed by atoms with Crippen LogP contribution < -0.4 is 4.74 Å². The molecule has 0 amide bonds. The van der Waals surface area contributed by atoms with Crippen LogP contribution in [0, 0.1) is 0 Å². The van der Waals surface area contributed by atoms with Gasteiger partial charge in [-0.25, -0.2) is 0 Å². The van der Waals surface area contributed by atoms with Gasteiger partial charge in [-0.1, -0.05) is 36.4 Å². The zero-order valence-electron chi connectivity index (χ0n) is 13.5. The number of ether oxygens (including phenoxy) is 2. The third-order valence-electron chi connectivity index (χ3n) is 4.06. The minimum absolute atomic E-state index is 0.244. The van der Waals surface area contributed by atoms with Crippen molar-refractivity contribution in [3.63, 3.8) is 0 Å². The summed E-state index contributed by atoms with van der Waals surface area (Å²) in [5.41, 5.74) is 5.29. The molecule has 2 aromatic rings. The smallest absolute Gasteiger partial charge is 0.309 e. The number of halogens is 1. The predicted molar refractivity (Wildman–Crippen MR) is 95.4 cm³/mol. The molecule has 0 unspecified atom stereocenters. The zero-order valence-corrected chi connectivity index (χ0v) is 14.3. The molecule has 0 bridgehead atoms. The van der Waals surface area contributed by atoms with Crippen molar-refractivity contribution in [1.82, 2.24) is 0 Å². The minimum Gasteiger partial charge on any atom is -0.488 e. The Bertz CT molecular complexity index is 780. The van der Waals surface area contributed by atoms with Gasteiger partial charge in [-0.05, 0) is 40.8 Å². The summed E-state index contributed by atoms with van der Waals surface area (Å²) < 4.78 is 10.8. The molecule has 24 heavy (non-hydrogen) atoms. The molecule has 0 fully saturated rings. The monoisotopic (exact) mass is 342 g/mol. The van der Waals surface area contributed by atoms with Crippen LogP contribution in [0.5, 0.6) is 5.75 Å². The van der Waals surface area contributed by atoms with E-state index in [4.69, 9.17) is 21.1 Å². The molecule has 0 N–H and O–H groups in total. The van der Waals surface area contributed by atoms with Gasteiger partial charge in [0, 0.05) is 11.4 Å². The second kappa shape index (κ2) is 7.54. The van der Waals surface area contributed by atoms with Gasteiger partial charge in [-0.2, -0.15) is 0 Å². The highest BCUT2D eigenvalue weighted by Crippen LogP contribution is 2.37. The summed E-state index contributed by atoms with van der Waals surface area (Å²) in [5, 5.41) is 0. The SMILES string of the molecule is COC(=O)Cc1ccc2c(c1)/C(=C\CCCl)c1ccccc1CO2. The van der Waals surface area contributed by atoms with Crippen molar-refractivity contribution in [1.29, 1.82) is 0 Å². The van der Waals surface area contributed by atoms with Crippen LogP contribution in [-0.2, 0) is 22.6 Å². The van der Waals surface area contributed by atoms with Crippen LogP contribution in [-0.4, -0.2) is 19.0 Å². The lowest BCUT2D eigenvalue weighted by Crippen LogP contribution is -2.05. The highest BCUT2D eigenvalue weighted by Gasteiger charge is 2.19. The molecule has 1 aliphatic rings. The van der Waals surface area contributed by atoms with E-state index >= 15 is 0 Å². The minimum atomic E-state index is -0.254. The van der Waals surface area contributed by atoms with Gasteiger partial charge in [0.15, 0.2) is 0 Å². The van der Waals surface area contributed by atoms with Gasteiger partial charge in [-0.3, -0.25) is 4.79 Å². The normalized spacial score (nSPS) is 14.3. The number of carbonyl (C=O) groups excluding carboxylic acids is 1. The molecular weight excluding hydrogens is 324 g/mol. The van der Waals surface area contributed by atoms with Crippen LogP contribution in [0.1, 0.15) is 28.7 Å². The number of benzene rings is 2. The Kier molecular flexibility index (Phi) is 5.21. The number of esters is 1. The number of hydrogen-bond acceptors (Lipinski definition) is 3. The van der Waals surface area contributed by atoms with Crippen LogP contribution in [0.2, 0.25) is 0 Å². The van der Waals surface area contributed by atoms with Gasteiger partial charge < -0.3 is 9.47 Å². The third-order valence-corrected chi connectivity index (χ3v) is 4.28. The summed E-state index contributed by atoms with van der Waals surface area (Å²) in [4.78, 5) is 11.6. The standard InChI is InChI=1S/C20H19ClO3/c1-23-20(22)12-14-8-9-19-18(11-14)17(7-4-10-21)16-6-3-2-5-15(16)13-24-19/h2-3,5-9,11H,4,10,12-13H2,1H3/b17-7-. The highest BCUT2D eigenvalue weighted by molar-refractivity contribution is 6.18. The van der Waals surface area contributed by atoms with E-state index in [2.05, 4.69) is 18.2 Å². The van der Waals surface area contributed by atoms with Crippen molar-refractivity contribution in [3.8, 4) is 5.75 Å². The van der Waals surface area contributed by atoms with E-state index in [1.54, 1.807) is 0 Å². The van der Waals surface area contributed by atoms with E-state index in [9.17, 15) is 4.79 Å².